The summed E-state index contributed by atoms with van der Waals surface area (Å²) in [7, 11) is 1.36. The minimum atomic E-state index is -0.366. The lowest BCUT2D eigenvalue weighted by Gasteiger charge is -2.06. The van der Waals surface area contributed by atoms with E-state index < -0.39 is 0 Å². The highest BCUT2D eigenvalue weighted by molar-refractivity contribution is 5.89. The van der Waals surface area contributed by atoms with E-state index in [2.05, 4.69) is 10.3 Å². The molecule has 1 aromatic heterocycles. The number of rotatable bonds is 5. The lowest BCUT2D eigenvalue weighted by Crippen LogP contribution is -2.18. The molecule has 0 bridgehead atoms. The van der Waals surface area contributed by atoms with Crippen molar-refractivity contribution < 1.29 is 14.3 Å². The van der Waals surface area contributed by atoms with Crippen LogP contribution in [0.2, 0.25) is 0 Å². The molecule has 5 heteroatoms. The first-order valence-electron chi connectivity index (χ1n) is 6.94. The number of carbonyl (C=O) groups is 2. The number of ether oxygens (including phenoxy) is 1. The van der Waals surface area contributed by atoms with Crippen molar-refractivity contribution in [2.24, 2.45) is 0 Å². The van der Waals surface area contributed by atoms with Gasteiger partial charge in [-0.3, -0.25) is 9.78 Å². The van der Waals surface area contributed by atoms with E-state index in [1.54, 1.807) is 18.3 Å². The maximum Gasteiger partial charge on any atom is 0.337 e. The Morgan fingerprint density at radius 2 is 1.82 bits per heavy atom. The van der Waals surface area contributed by atoms with Crippen molar-refractivity contribution in [3.8, 4) is 0 Å². The van der Waals surface area contributed by atoms with E-state index in [0.29, 0.717) is 18.5 Å². The number of nitrogens with one attached hydrogen (secondary N) is 1. The quantitative estimate of drug-likeness (QED) is 0.858. The fraction of sp³-hybridized carbons (Fsp3) is 0.235. The molecule has 22 heavy (non-hydrogen) atoms. The number of carbonyl (C=O) groups excluding carboxylic acids is 2. The van der Waals surface area contributed by atoms with E-state index in [1.165, 1.54) is 14.0 Å². The first-order valence-corrected chi connectivity index (χ1v) is 6.94. The van der Waals surface area contributed by atoms with Gasteiger partial charge in [0.15, 0.2) is 0 Å². The molecule has 1 amide bonds. The summed E-state index contributed by atoms with van der Waals surface area (Å²) in [6, 6.07) is 11.3. The number of esters is 1. The Kier molecular flexibility index (Phi) is 5.25. The number of amides is 1. The van der Waals surface area contributed by atoms with Gasteiger partial charge < -0.3 is 10.1 Å². The van der Waals surface area contributed by atoms with Gasteiger partial charge in [-0.05, 0) is 23.3 Å². The van der Waals surface area contributed by atoms with Gasteiger partial charge >= 0.3 is 5.97 Å². The molecule has 5 nitrogen and oxygen atoms in total. The summed E-state index contributed by atoms with van der Waals surface area (Å²) in [5, 5.41) is 2.75. The van der Waals surface area contributed by atoms with Crippen LogP contribution in [0.4, 0.5) is 0 Å². The molecule has 2 rings (SSSR count). The van der Waals surface area contributed by atoms with Crippen molar-refractivity contribution in [1.29, 1.82) is 0 Å². The van der Waals surface area contributed by atoms with Crippen molar-refractivity contribution in [1.82, 2.24) is 10.3 Å². The lowest BCUT2D eigenvalue weighted by molar-refractivity contribution is -0.119. The number of hydrogen-bond acceptors (Lipinski definition) is 4. The average molecular weight is 298 g/mol. The number of hydrogen-bond donors (Lipinski definition) is 1. The van der Waals surface area contributed by atoms with Gasteiger partial charge in [0.05, 0.1) is 12.7 Å². The molecule has 0 aliphatic carbocycles. The normalized spacial score (nSPS) is 10.1. The minimum Gasteiger partial charge on any atom is -0.465 e. The Morgan fingerprint density at radius 1 is 1.14 bits per heavy atom. The molecule has 0 saturated carbocycles. The maximum atomic E-state index is 11.5. The maximum absolute atomic E-state index is 11.5. The number of methoxy groups -OCH3 is 1. The first-order chi connectivity index (χ1) is 10.6. The largest absolute Gasteiger partial charge is 0.465 e. The van der Waals surface area contributed by atoms with Crippen LogP contribution in [0.1, 0.15) is 34.1 Å². The van der Waals surface area contributed by atoms with Gasteiger partial charge in [-0.25, -0.2) is 4.79 Å². The molecule has 1 aromatic carbocycles. The van der Waals surface area contributed by atoms with E-state index in [1.807, 2.05) is 24.3 Å². The molecule has 114 valence electrons. The highest BCUT2D eigenvalue weighted by atomic mass is 16.5. The van der Waals surface area contributed by atoms with Crippen molar-refractivity contribution in [2.75, 3.05) is 7.11 Å². The van der Waals surface area contributed by atoms with E-state index in [9.17, 15) is 9.59 Å². The van der Waals surface area contributed by atoms with Crippen LogP contribution in [0.25, 0.3) is 0 Å². The molecular weight excluding hydrogens is 280 g/mol. The molecule has 0 unspecified atom stereocenters. The second-order valence-corrected chi connectivity index (χ2v) is 4.93. The predicted molar refractivity (Wildman–Crippen MR) is 82.3 cm³/mol. The van der Waals surface area contributed by atoms with Crippen LogP contribution in [0.3, 0.4) is 0 Å². The van der Waals surface area contributed by atoms with Crippen LogP contribution in [-0.4, -0.2) is 24.0 Å². The van der Waals surface area contributed by atoms with Crippen LogP contribution in [0.5, 0.6) is 0 Å². The van der Waals surface area contributed by atoms with Crippen LogP contribution in [0.15, 0.2) is 42.6 Å². The second-order valence-electron chi connectivity index (χ2n) is 4.93. The number of pyridine rings is 1. The zero-order valence-corrected chi connectivity index (χ0v) is 12.6. The number of aromatic nitrogens is 1. The predicted octanol–water partition coefficient (Wildman–Crippen LogP) is 2.10. The fourth-order valence-corrected chi connectivity index (χ4v) is 2.03. The molecule has 0 aliphatic heterocycles. The van der Waals surface area contributed by atoms with Crippen molar-refractivity contribution in [3.05, 3.63) is 65.0 Å². The smallest absolute Gasteiger partial charge is 0.337 e. The molecule has 0 saturated heterocycles. The lowest BCUT2D eigenvalue weighted by atomic mass is 10.1. The summed E-state index contributed by atoms with van der Waals surface area (Å²) in [4.78, 5) is 26.7. The third-order valence-electron chi connectivity index (χ3n) is 3.19. The highest BCUT2D eigenvalue weighted by Gasteiger charge is 2.07. The van der Waals surface area contributed by atoms with Gasteiger partial charge in [-0.2, -0.15) is 0 Å². The van der Waals surface area contributed by atoms with E-state index in [4.69, 9.17) is 4.74 Å². The molecule has 1 N–H and O–H groups in total. The van der Waals surface area contributed by atoms with Gasteiger partial charge in [-0.1, -0.05) is 24.3 Å². The average Bonchev–Trinajstić information content (AvgIpc) is 2.53. The molecule has 0 fully saturated rings. The van der Waals surface area contributed by atoms with Crippen LogP contribution in [0, 0.1) is 0 Å². The molecular formula is C17H18N2O3. The Bertz CT molecular complexity index is 666. The summed E-state index contributed by atoms with van der Waals surface area (Å²) in [5.74, 6) is -0.415. The zero-order chi connectivity index (χ0) is 15.9. The highest BCUT2D eigenvalue weighted by Crippen LogP contribution is 2.11. The Morgan fingerprint density at radius 3 is 2.45 bits per heavy atom. The Balaban J connectivity index is 2.04. The van der Waals surface area contributed by atoms with Crippen molar-refractivity contribution >= 4 is 11.9 Å². The van der Waals surface area contributed by atoms with Gasteiger partial charge in [-0.15, -0.1) is 0 Å². The molecule has 1 heterocycles. The third-order valence-corrected chi connectivity index (χ3v) is 3.19. The Hall–Kier alpha value is -2.69. The van der Waals surface area contributed by atoms with Crippen LogP contribution >= 0.6 is 0 Å². The standard InChI is InChI=1S/C17H18N2O3/c1-12(20)19-11-14-5-3-13(4-6-14)9-16-10-15(7-8-18-16)17(21)22-2/h3-8,10H,9,11H2,1-2H3,(H,19,20). The van der Waals surface area contributed by atoms with E-state index in [0.717, 1.165) is 16.8 Å². The number of benzene rings is 1. The van der Waals surface area contributed by atoms with E-state index >= 15 is 0 Å². The Labute approximate surface area is 129 Å². The fourth-order valence-electron chi connectivity index (χ4n) is 2.03. The SMILES string of the molecule is COC(=O)c1ccnc(Cc2ccc(CNC(C)=O)cc2)c1. The topological polar surface area (TPSA) is 68.3 Å². The second kappa shape index (κ2) is 7.36. The van der Waals surface area contributed by atoms with Crippen LogP contribution in [-0.2, 0) is 22.5 Å². The molecule has 0 aliphatic rings. The van der Waals surface area contributed by atoms with Gasteiger partial charge in [0.2, 0.25) is 5.91 Å². The summed E-state index contributed by atoms with van der Waals surface area (Å²) in [6.45, 7) is 2.01. The molecule has 0 spiro atoms. The summed E-state index contributed by atoms with van der Waals surface area (Å²) < 4.78 is 4.70. The van der Waals surface area contributed by atoms with E-state index in [-0.39, 0.29) is 11.9 Å². The molecule has 0 atom stereocenters. The minimum absolute atomic E-state index is 0.0482. The summed E-state index contributed by atoms with van der Waals surface area (Å²) in [6.07, 6.45) is 2.23. The van der Waals surface area contributed by atoms with Gasteiger partial charge in [0.1, 0.15) is 0 Å². The third kappa shape index (κ3) is 4.41. The monoisotopic (exact) mass is 298 g/mol. The van der Waals surface area contributed by atoms with Crippen molar-refractivity contribution in [2.45, 2.75) is 19.9 Å². The summed E-state index contributed by atoms with van der Waals surface area (Å²) >= 11 is 0. The van der Waals surface area contributed by atoms with Crippen LogP contribution < -0.4 is 5.32 Å². The number of nitrogens with zero attached hydrogens (tertiary/aromatic N) is 1. The molecule has 2 aromatic rings. The summed E-state index contributed by atoms with van der Waals surface area (Å²) in [5.41, 5.74) is 3.42. The van der Waals surface area contributed by atoms with Gasteiger partial charge in [0.25, 0.3) is 0 Å². The molecule has 0 radical (unpaired) electrons. The van der Waals surface area contributed by atoms with Crippen molar-refractivity contribution in [3.63, 3.8) is 0 Å². The first kappa shape index (κ1) is 15.7. The van der Waals surface area contributed by atoms with Gasteiger partial charge in [0, 0.05) is 31.8 Å². The zero-order valence-electron chi connectivity index (χ0n) is 12.6.